The van der Waals surface area contributed by atoms with Crippen molar-refractivity contribution in [3.05, 3.63) is 0 Å². The van der Waals surface area contributed by atoms with E-state index in [9.17, 15) is 9.59 Å². The van der Waals surface area contributed by atoms with Crippen molar-refractivity contribution in [2.45, 2.75) is 39.2 Å². The number of hydrogen-bond acceptors (Lipinski definition) is 5. The van der Waals surface area contributed by atoms with Crippen molar-refractivity contribution in [3.63, 3.8) is 0 Å². The van der Waals surface area contributed by atoms with Gasteiger partial charge >= 0.3 is 5.97 Å². The van der Waals surface area contributed by atoms with Crippen molar-refractivity contribution in [1.82, 2.24) is 15.5 Å². The number of nitrogens with one attached hydrogen (secondary N) is 2. The van der Waals surface area contributed by atoms with E-state index in [2.05, 4.69) is 15.6 Å². The van der Waals surface area contributed by atoms with E-state index < -0.39 is 5.60 Å². The summed E-state index contributed by atoms with van der Waals surface area (Å²) in [5.74, 6) is 0.596. The van der Waals surface area contributed by atoms with Crippen LogP contribution in [0, 0.1) is 5.92 Å². The number of likely N-dealkylation sites (N-methyl/N-ethyl adjacent to an activating group) is 1. The number of amides is 1. The van der Waals surface area contributed by atoms with Gasteiger partial charge in [-0.3, -0.25) is 9.59 Å². The highest BCUT2D eigenvalue weighted by Gasteiger charge is 2.17. The van der Waals surface area contributed by atoms with E-state index in [1.165, 1.54) is 4.90 Å². The quantitative estimate of drug-likeness (QED) is 0.243. The monoisotopic (exact) mass is 484 g/mol. The summed E-state index contributed by atoms with van der Waals surface area (Å²) in [5, 5.41) is 6.30. The van der Waals surface area contributed by atoms with Crippen LogP contribution in [0.5, 0.6) is 0 Å². The summed E-state index contributed by atoms with van der Waals surface area (Å²) < 4.78 is 10.6. The molecule has 9 heteroatoms. The lowest BCUT2D eigenvalue weighted by atomic mass is 10.1. The lowest BCUT2D eigenvalue weighted by Gasteiger charge is -2.20. The summed E-state index contributed by atoms with van der Waals surface area (Å²) in [4.78, 5) is 29.3. The molecule has 0 aromatic carbocycles. The molecule has 152 valence electrons. The predicted molar refractivity (Wildman–Crippen MR) is 112 cm³/mol. The van der Waals surface area contributed by atoms with E-state index in [0.717, 1.165) is 19.6 Å². The van der Waals surface area contributed by atoms with Crippen LogP contribution in [0.2, 0.25) is 0 Å². The molecule has 0 spiro atoms. The Morgan fingerprint density at radius 3 is 2.50 bits per heavy atom. The summed E-state index contributed by atoms with van der Waals surface area (Å²) in [5.41, 5.74) is -0.493. The van der Waals surface area contributed by atoms with Crippen LogP contribution >= 0.6 is 24.0 Å². The molecule has 2 N–H and O–H groups in total. The molecule has 0 bridgehead atoms. The number of rotatable bonds is 7. The molecule has 0 saturated carbocycles. The maximum absolute atomic E-state index is 11.8. The van der Waals surface area contributed by atoms with Gasteiger partial charge < -0.3 is 25.0 Å². The number of carbonyl (C=O) groups excluding carboxylic acids is 2. The maximum Gasteiger partial charge on any atom is 0.308 e. The minimum absolute atomic E-state index is 0. The van der Waals surface area contributed by atoms with Gasteiger partial charge in [0.2, 0.25) is 5.91 Å². The summed E-state index contributed by atoms with van der Waals surface area (Å²) in [6.45, 7) is 8.18. The van der Waals surface area contributed by atoms with Crippen LogP contribution in [0.4, 0.5) is 0 Å². The normalized spacial score (nSPS) is 17.3. The first-order valence-electron chi connectivity index (χ1n) is 8.69. The van der Waals surface area contributed by atoms with Crippen molar-refractivity contribution in [1.29, 1.82) is 0 Å². The van der Waals surface area contributed by atoms with Gasteiger partial charge in [0.25, 0.3) is 0 Å². The Balaban J connectivity index is 0.00000625. The van der Waals surface area contributed by atoms with E-state index in [0.29, 0.717) is 25.0 Å². The summed E-state index contributed by atoms with van der Waals surface area (Å²) in [7, 11) is 3.38. The molecule has 0 aromatic rings. The van der Waals surface area contributed by atoms with Gasteiger partial charge in [0, 0.05) is 39.7 Å². The molecule has 1 fully saturated rings. The molecule has 1 saturated heterocycles. The van der Waals surface area contributed by atoms with Crippen LogP contribution in [0.1, 0.15) is 33.6 Å². The third kappa shape index (κ3) is 11.5. The van der Waals surface area contributed by atoms with Gasteiger partial charge in [-0.05, 0) is 27.2 Å². The molecule has 1 rings (SSSR count). The zero-order valence-electron chi connectivity index (χ0n) is 16.5. The fraction of sp³-hybridized carbons (Fsp3) is 0.824. The molecule has 1 unspecified atom stereocenters. The average Bonchev–Trinajstić information content (AvgIpc) is 3.00. The SMILES string of the molecule is CN(C)C(=O)CN=C(NCCC(=O)OC(C)(C)C)NCC1CCOC1.I. The number of halogens is 1. The number of hydrogen-bond donors (Lipinski definition) is 2. The van der Waals surface area contributed by atoms with Crippen LogP contribution in [-0.4, -0.2) is 75.3 Å². The van der Waals surface area contributed by atoms with Crippen LogP contribution < -0.4 is 10.6 Å². The van der Waals surface area contributed by atoms with Gasteiger partial charge in [-0.15, -0.1) is 24.0 Å². The van der Waals surface area contributed by atoms with Crippen molar-refractivity contribution in [2.24, 2.45) is 10.9 Å². The van der Waals surface area contributed by atoms with Gasteiger partial charge in [0.05, 0.1) is 13.0 Å². The molecule has 8 nitrogen and oxygen atoms in total. The van der Waals surface area contributed by atoms with Crippen molar-refractivity contribution in [2.75, 3.05) is 46.9 Å². The zero-order valence-corrected chi connectivity index (χ0v) is 18.8. The lowest BCUT2D eigenvalue weighted by molar-refractivity contribution is -0.154. The molecule has 26 heavy (non-hydrogen) atoms. The van der Waals surface area contributed by atoms with Crippen LogP contribution in [0.3, 0.4) is 0 Å². The number of esters is 1. The number of carbonyl (C=O) groups is 2. The summed E-state index contributed by atoms with van der Waals surface area (Å²) in [6.07, 6.45) is 1.24. The van der Waals surface area contributed by atoms with E-state index >= 15 is 0 Å². The minimum Gasteiger partial charge on any atom is -0.460 e. The van der Waals surface area contributed by atoms with Gasteiger partial charge in [0.1, 0.15) is 12.1 Å². The van der Waals surface area contributed by atoms with Gasteiger partial charge in [-0.2, -0.15) is 0 Å². The second-order valence-electron chi connectivity index (χ2n) is 7.33. The molecule has 1 atom stereocenters. The largest absolute Gasteiger partial charge is 0.460 e. The smallest absolute Gasteiger partial charge is 0.308 e. The van der Waals surface area contributed by atoms with Crippen LogP contribution in [0.25, 0.3) is 0 Å². The molecule has 0 aromatic heterocycles. The third-order valence-corrected chi connectivity index (χ3v) is 3.49. The molecular weight excluding hydrogens is 451 g/mol. The molecule has 0 aliphatic carbocycles. The molecule has 1 heterocycles. The Kier molecular flexibility index (Phi) is 11.8. The topological polar surface area (TPSA) is 92.3 Å². The van der Waals surface area contributed by atoms with E-state index in [1.807, 2.05) is 20.8 Å². The molecule has 1 amide bonds. The fourth-order valence-electron chi connectivity index (χ4n) is 2.12. The van der Waals surface area contributed by atoms with Gasteiger partial charge in [-0.25, -0.2) is 4.99 Å². The van der Waals surface area contributed by atoms with Crippen molar-refractivity contribution < 1.29 is 19.1 Å². The van der Waals surface area contributed by atoms with E-state index in [4.69, 9.17) is 9.47 Å². The number of aliphatic imine (C=N–C) groups is 1. The third-order valence-electron chi connectivity index (χ3n) is 3.49. The molecule has 0 radical (unpaired) electrons. The second-order valence-corrected chi connectivity index (χ2v) is 7.33. The summed E-state index contributed by atoms with van der Waals surface area (Å²) >= 11 is 0. The standard InChI is InChI=1S/C17H32N4O4.HI/c1-17(2,3)25-15(23)6-8-18-16(20-11-14(22)21(4)5)19-10-13-7-9-24-12-13;/h13H,6-12H2,1-5H3,(H2,18,19,20);1H. The fourth-order valence-corrected chi connectivity index (χ4v) is 2.12. The molecular formula is C17H33IN4O4. The average molecular weight is 484 g/mol. The first kappa shape index (κ1) is 24.9. The highest BCUT2D eigenvalue weighted by Crippen LogP contribution is 2.10. The van der Waals surface area contributed by atoms with Crippen molar-refractivity contribution in [3.8, 4) is 0 Å². The number of guanidine groups is 1. The highest BCUT2D eigenvalue weighted by molar-refractivity contribution is 14.0. The Bertz CT molecular complexity index is 472. The first-order valence-corrected chi connectivity index (χ1v) is 8.69. The Morgan fingerprint density at radius 1 is 1.27 bits per heavy atom. The van der Waals surface area contributed by atoms with Crippen molar-refractivity contribution >= 4 is 41.8 Å². The second kappa shape index (κ2) is 12.3. The Morgan fingerprint density at radius 2 is 1.96 bits per heavy atom. The molecule has 1 aliphatic rings. The van der Waals surface area contributed by atoms with E-state index in [1.54, 1.807) is 14.1 Å². The maximum atomic E-state index is 11.8. The van der Waals surface area contributed by atoms with Crippen LogP contribution in [-0.2, 0) is 19.1 Å². The van der Waals surface area contributed by atoms with Gasteiger partial charge in [-0.1, -0.05) is 0 Å². The van der Waals surface area contributed by atoms with Crippen LogP contribution in [0.15, 0.2) is 4.99 Å². The summed E-state index contributed by atoms with van der Waals surface area (Å²) in [6, 6.07) is 0. The number of nitrogens with zero attached hydrogens (tertiary/aromatic N) is 2. The Hall–Kier alpha value is -1.10. The highest BCUT2D eigenvalue weighted by atomic mass is 127. The lowest BCUT2D eigenvalue weighted by Crippen LogP contribution is -2.42. The Labute approximate surface area is 173 Å². The minimum atomic E-state index is -0.493. The number of ether oxygens (including phenoxy) is 2. The first-order chi connectivity index (χ1) is 11.7. The molecule has 1 aliphatic heterocycles. The van der Waals surface area contributed by atoms with E-state index in [-0.39, 0.29) is 48.8 Å². The predicted octanol–water partition coefficient (Wildman–Crippen LogP) is 0.996. The van der Waals surface area contributed by atoms with Gasteiger partial charge in [0.15, 0.2) is 5.96 Å². The zero-order chi connectivity index (χ0) is 18.9.